The van der Waals surface area contributed by atoms with Crippen LogP contribution in [0.5, 0.6) is 0 Å². The molecule has 1 aliphatic rings. The van der Waals surface area contributed by atoms with Crippen molar-refractivity contribution in [3.05, 3.63) is 23.5 Å². The van der Waals surface area contributed by atoms with Gasteiger partial charge in [0.15, 0.2) is 0 Å². The first-order chi connectivity index (χ1) is 8.77. The number of amides is 1. The van der Waals surface area contributed by atoms with Gasteiger partial charge < -0.3 is 14.8 Å². The Labute approximate surface area is 115 Å². The Hall–Kier alpha value is -1.82. The molecule has 0 aliphatic heterocycles. The van der Waals surface area contributed by atoms with Gasteiger partial charge in [-0.25, -0.2) is 4.79 Å². The highest BCUT2D eigenvalue weighted by atomic mass is 35.5. The molecule has 1 atom stereocenters. The van der Waals surface area contributed by atoms with Gasteiger partial charge in [-0.3, -0.25) is 9.59 Å². The van der Waals surface area contributed by atoms with Crippen LogP contribution in [0.3, 0.4) is 0 Å². The lowest BCUT2D eigenvalue weighted by Gasteiger charge is -2.28. The molecule has 1 amide bonds. The Bertz CT molecular complexity index is 483. The normalized spacial score (nSPS) is 21.9. The SMILES string of the molecule is COC(=O)C1=C(OC(C)=O)CC(Cl)(NC(C)=O)C=C1. The van der Waals surface area contributed by atoms with E-state index in [1.54, 1.807) is 0 Å². The number of carbonyl (C=O) groups is 3. The van der Waals surface area contributed by atoms with Gasteiger partial charge in [0.2, 0.25) is 5.91 Å². The number of rotatable bonds is 3. The highest BCUT2D eigenvalue weighted by Gasteiger charge is 2.34. The molecule has 104 valence electrons. The second-order valence-corrected chi connectivity index (χ2v) is 4.65. The number of esters is 2. The predicted molar refractivity (Wildman–Crippen MR) is 67.0 cm³/mol. The Balaban J connectivity index is 3.07. The fourth-order valence-corrected chi connectivity index (χ4v) is 1.95. The molecule has 0 saturated heterocycles. The van der Waals surface area contributed by atoms with Crippen molar-refractivity contribution in [1.29, 1.82) is 0 Å². The Morgan fingerprint density at radius 1 is 1.37 bits per heavy atom. The van der Waals surface area contributed by atoms with Gasteiger partial charge in [-0.1, -0.05) is 11.6 Å². The molecule has 0 radical (unpaired) electrons. The zero-order valence-electron chi connectivity index (χ0n) is 10.8. The lowest BCUT2D eigenvalue weighted by molar-refractivity contribution is -0.138. The molecule has 0 aromatic carbocycles. The maximum Gasteiger partial charge on any atom is 0.341 e. The molecule has 0 fully saturated rings. The minimum atomic E-state index is -1.23. The van der Waals surface area contributed by atoms with Crippen molar-refractivity contribution in [2.45, 2.75) is 25.3 Å². The van der Waals surface area contributed by atoms with Crippen LogP contribution in [0.2, 0.25) is 0 Å². The second kappa shape index (κ2) is 5.88. The van der Waals surface area contributed by atoms with E-state index in [1.807, 2.05) is 0 Å². The molecule has 19 heavy (non-hydrogen) atoms. The van der Waals surface area contributed by atoms with E-state index >= 15 is 0 Å². The first-order valence-corrected chi connectivity index (χ1v) is 5.82. The monoisotopic (exact) mass is 287 g/mol. The van der Waals surface area contributed by atoms with Crippen LogP contribution in [0.15, 0.2) is 23.5 Å². The number of hydrogen-bond acceptors (Lipinski definition) is 5. The molecular weight excluding hydrogens is 274 g/mol. The largest absolute Gasteiger partial charge is 0.465 e. The first-order valence-electron chi connectivity index (χ1n) is 5.44. The number of alkyl halides is 1. The number of methoxy groups -OCH3 is 1. The van der Waals surface area contributed by atoms with Gasteiger partial charge in [0.25, 0.3) is 0 Å². The second-order valence-electron chi connectivity index (χ2n) is 3.98. The van der Waals surface area contributed by atoms with Crippen LogP contribution in [0.1, 0.15) is 20.3 Å². The van der Waals surface area contributed by atoms with Crippen LogP contribution < -0.4 is 5.32 Å². The molecule has 7 heteroatoms. The van der Waals surface area contributed by atoms with Crippen LogP contribution in [-0.4, -0.2) is 30.0 Å². The van der Waals surface area contributed by atoms with Gasteiger partial charge in [-0.2, -0.15) is 0 Å². The molecule has 1 rings (SSSR count). The molecule has 0 saturated carbocycles. The van der Waals surface area contributed by atoms with Crippen LogP contribution in [0.4, 0.5) is 0 Å². The number of hydrogen-bond donors (Lipinski definition) is 1. The van der Waals surface area contributed by atoms with Gasteiger partial charge in [0.05, 0.1) is 12.7 Å². The fourth-order valence-electron chi connectivity index (χ4n) is 1.63. The van der Waals surface area contributed by atoms with Crippen molar-refractivity contribution in [3.8, 4) is 0 Å². The molecule has 1 aliphatic carbocycles. The topological polar surface area (TPSA) is 81.7 Å². The van der Waals surface area contributed by atoms with E-state index < -0.39 is 16.9 Å². The summed E-state index contributed by atoms with van der Waals surface area (Å²) in [7, 11) is 1.21. The van der Waals surface area contributed by atoms with Gasteiger partial charge in [0, 0.05) is 20.3 Å². The van der Waals surface area contributed by atoms with Crippen LogP contribution >= 0.6 is 11.6 Å². The third-order valence-electron chi connectivity index (χ3n) is 2.29. The minimum absolute atomic E-state index is 0.0331. The molecule has 0 aromatic heterocycles. The highest BCUT2D eigenvalue weighted by Crippen LogP contribution is 2.31. The quantitative estimate of drug-likeness (QED) is 0.476. The molecule has 0 spiro atoms. The van der Waals surface area contributed by atoms with Crippen LogP contribution in [0, 0.1) is 0 Å². The van der Waals surface area contributed by atoms with E-state index in [1.165, 1.54) is 33.1 Å². The average molecular weight is 288 g/mol. The van der Waals surface area contributed by atoms with E-state index in [0.29, 0.717) is 0 Å². The standard InChI is InChI=1S/C12H14ClNO5/c1-7(15)14-12(13)5-4-9(11(17)18-3)10(6-12)19-8(2)16/h4-5H,6H2,1-3H3,(H,14,15). The molecule has 0 bridgehead atoms. The number of ether oxygens (including phenoxy) is 2. The van der Waals surface area contributed by atoms with Crippen molar-refractivity contribution in [2.24, 2.45) is 0 Å². The van der Waals surface area contributed by atoms with Crippen molar-refractivity contribution >= 4 is 29.4 Å². The van der Waals surface area contributed by atoms with Crippen molar-refractivity contribution in [1.82, 2.24) is 5.32 Å². The third-order valence-corrected chi connectivity index (χ3v) is 2.64. The maximum atomic E-state index is 11.5. The zero-order valence-corrected chi connectivity index (χ0v) is 11.5. The van der Waals surface area contributed by atoms with Gasteiger partial charge in [-0.05, 0) is 12.2 Å². The van der Waals surface area contributed by atoms with Crippen LogP contribution in [0.25, 0.3) is 0 Å². The summed E-state index contributed by atoms with van der Waals surface area (Å²) in [6, 6.07) is 0. The number of carbonyl (C=O) groups excluding carboxylic acids is 3. The van der Waals surface area contributed by atoms with Crippen LogP contribution in [-0.2, 0) is 23.9 Å². The lowest BCUT2D eigenvalue weighted by Crippen LogP contribution is -2.43. The average Bonchev–Trinajstić information content (AvgIpc) is 2.25. The summed E-state index contributed by atoms with van der Waals surface area (Å²) in [4.78, 5) is 32.4. The van der Waals surface area contributed by atoms with E-state index in [2.05, 4.69) is 10.1 Å². The van der Waals surface area contributed by atoms with Gasteiger partial charge in [-0.15, -0.1) is 0 Å². The summed E-state index contributed by atoms with van der Waals surface area (Å²) in [6.07, 6.45) is 2.76. The van der Waals surface area contributed by atoms with E-state index in [4.69, 9.17) is 16.3 Å². The lowest BCUT2D eigenvalue weighted by atomic mass is 10.00. The number of halogens is 1. The zero-order chi connectivity index (χ0) is 14.6. The van der Waals surface area contributed by atoms with Crippen molar-refractivity contribution in [2.75, 3.05) is 7.11 Å². The summed E-state index contributed by atoms with van der Waals surface area (Å²) in [5.41, 5.74) is 0.0966. The van der Waals surface area contributed by atoms with Gasteiger partial charge in [0.1, 0.15) is 10.8 Å². The fraction of sp³-hybridized carbons (Fsp3) is 0.417. The third kappa shape index (κ3) is 4.10. The van der Waals surface area contributed by atoms with Crippen molar-refractivity contribution in [3.63, 3.8) is 0 Å². The smallest absolute Gasteiger partial charge is 0.341 e. The van der Waals surface area contributed by atoms with E-state index in [0.717, 1.165) is 0 Å². The molecular formula is C12H14ClNO5. The Morgan fingerprint density at radius 2 is 2.00 bits per heavy atom. The molecule has 1 unspecified atom stereocenters. The summed E-state index contributed by atoms with van der Waals surface area (Å²) in [5, 5.41) is 2.50. The summed E-state index contributed by atoms with van der Waals surface area (Å²) < 4.78 is 9.54. The maximum absolute atomic E-state index is 11.5. The summed E-state index contributed by atoms with van der Waals surface area (Å²) >= 11 is 6.17. The Morgan fingerprint density at radius 3 is 2.47 bits per heavy atom. The first kappa shape index (κ1) is 15.2. The summed E-state index contributed by atoms with van der Waals surface area (Å²) in [6.45, 7) is 2.51. The molecule has 1 N–H and O–H groups in total. The molecule has 0 heterocycles. The van der Waals surface area contributed by atoms with Gasteiger partial charge >= 0.3 is 11.9 Å². The number of nitrogens with one attached hydrogen (secondary N) is 1. The molecule has 0 aromatic rings. The van der Waals surface area contributed by atoms with Crippen molar-refractivity contribution < 1.29 is 23.9 Å². The Kier molecular flexibility index (Phi) is 4.72. The minimum Gasteiger partial charge on any atom is -0.465 e. The highest BCUT2D eigenvalue weighted by molar-refractivity contribution is 6.26. The van der Waals surface area contributed by atoms with E-state index in [-0.39, 0.29) is 23.7 Å². The predicted octanol–water partition coefficient (Wildman–Crippen LogP) is 1.01. The summed E-state index contributed by atoms with van der Waals surface area (Å²) in [5.74, 6) is -1.52. The molecule has 6 nitrogen and oxygen atoms in total. The van der Waals surface area contributed by atoms with E-state index in [9.17, 15) is 14.4 Å².